The van der Waals surface area contributed by atoms with Crippen LogP contribution >= 0.6 is 15.9 Å². The number of alkyl halides is 1. The van der Waals surface area contributed by atoms with E-state index in [0.717, 1.165) is 25.2 Å². The fourth-order valence-electron chi connectivity index (χ4n) is 1.85. The van der Waals surface area contributed by atoms with Crippen LogP contribution in [-0.2, 0) is 10.1 Å². The highest BCUT2D eigenvalue weighted by atomic mass is 79.9. The molecule has 18 heavy (non-hydrogen) atoms. The molecule has 1 aromatic rings. The second kappa shape index (κ2) is 6.15. The quantitative estimate of drug-likeness (QED) is 0.476. The van der Waals surface area contributed by atoms with E-state index in [4.69, 9.17) is 9.47 Å². The van der Waals surface area contributed by atoms with Gasteiger partial charge in [-0.05, 0) is 12.5 Å². The average molecular weight is 316 g/mol. The van der Waals surface area contributed by atoms with E-state index in [0.29, 0.717) is 23.6 Å². The lowest BCUT2D eigenvalue weighted by molar-refractivity contribution is -0.384. The molecule has 1 aliphatic heterocycles. The van der Waals surface area contributed by atoms with E-state index in [1.807, 2.05) is 0 Å². The van der Waals surface area contributed by atoms with Gasteiger partial charge in [0.2, 0.25) is 0 Å². The van der Waals surface area contributed by atoms with Gasteiger partial charge in [-0.1, -0.05) is 15.9 Å². The zero-order chi connectivity index (χ0) is 13.0. The predicted molar refractivity (Wildman–Crippen MR) is 70.1 cm³/mol. The first-order chi connectivity index (χ1) is 8.70. The largest absolute Gasteiger partial charge is 0.493 e. The van der Waals surface area contributed by atoms with Crippen molar-refractivity contribution in [2.75, 3.05) is 19.8 Å². The van der Waals surface area contributed by atoms with Gasteiger partial charge in [-0.3, -0.25) is 10.1 Å². The number of non-ortho nitro benzene ring substituents is 1. The normalized spacial score (nSPS) is 18.8. The number of hydrogen-bond acceptors (Lipinski definition) is 4. The lowest BCUT2D eigenvalue weighted by Crippen LogP contribution is -2.12. The van der Waals surface area contributed by atoms with E-state index in [1.54, 1.807) is 6.07 Å². The Morgan fingerprint density at radius 2 is 2.39 bits per heavy atom. The van der Waals surface area contributed by atoms with Crippen molar-refractivity contribution in [3.63, 3.8) is 0 Å². The summed E-state index contributed by atoms with van der Waals surface area (Å²) < 4.78 is 11.0. The minimum absolute atomic E-state index is 0.0843. The summed E-state index contributed by atoms with van der Waals surface area (Å²) in [5.74, 6) is 1.12. The van der Waals surface area contributed by atoms with E-state index < -0.39 is 4.92 Å². The molecule has 0 aromatic heterocycles. The van der Waals surface area contributed by atoms with E-state index in [2.05, 4.69) is 15.9 Å². The number of hydrogen-bond donors (Lipinski definition) is 0. The molecule has 6 heteroatoms. The van der Waals surface area contributed by atoms with Crippen molar-refractivity contribution in [2.45, 2.75) is 11.8 Å². The first kappa shape index (κ1) is 13.3. The van der Waals surface area contributed by atoms with Crippen molar-refractivity contribution < 1.29 is 14.4 Å². The highest BCUT2D eigenvalue weighted by Gasteiger charge is 2.17. The molecule has 0 saturated carbocycles. The molecule has 0 bridgehead atoms. The number of rotatable bonds is 5. The summed E-state index contributed by atoms with van der Waals surface area (Å²) >= 11 is 3.32. The standard InChI is InChI=1S/C12H14BrNO4/c13-6-10-5-11(14(15)16)1-2-12(10)18-8-9-3-4-17-7-9/h1-2,5,9H,3-4,6-8H2. The number of ether oxygens (including phenoxy) is 2. The van der Waals surface area contributed by atoms with E-state index in [9.17, 15) is 10.1 Å². The van der Waals surface area contributed by atoms with Crippen LogP contribution in [0.2, 0.25) is 0 Å². The Balaban J connectivity index is 2.04. The molecule has 0 spiro atoms. The second-order valence-electron chi connectivity index (χ2n) is 4.22. The summed E-state index contributed by atoms with van der Waals surface area (Å²) in [4.78, 5) is 10.3. The first-order valence-corrected chi connectivity index (χ1v) is 6.86. The number of nitro groups is 1. The second-order valence-corrected chi connectivity index (χ2v) is 4.78. The van der Waals surface area contributed by atoms with Gasteiger partial charge in [0.25, 0.3) is 5.69 Å². The number of halogens is 1. The average Bonchev–Trinajstić information content (AvgIpc) is 2.89. The molecule has 2 rings (SSSR count). The summed E-state index contributed by atoms with van der Waals surface area (Å²) in [5.41, 5.74) is 0.879. The molecule has 1 unspecified atom stereocenters. The molecule has 1 aliphatic rings. The molecule has 0 amide bonds. The molecule has 5 nitrogen and oxygen atoms in total. The Hall–Kier alpha value is -1.14. The number of benzene rings is 1. The zero-order valence-electron chi connectivity index (χ0n) is 9.80. The van der Waals surface area contributed by atoms with Crippen LogP contribution in [-0.4, -0.2) is 24.7 Å². The molecule has 1 fully saturated rings. The fraction of sp³-hybridized carbons (Fsp3) is 0.500. The SMILES string of the molecule is O=[N+]([O-])c1ccc(OCC2CCOC2)c(CBr)c1. The zero-order valence-corrected chi connectivity index (χ0v) is 11.4. The highest BCUT2D eigenvalue weighted by Crippen LogP contribution is 2.27. The van der Waals surface area contributed by atoms with Gasteiger partial charge in [-0.2, -0.15) is 0 Å². The van der Waals surface area contributed by atoms with Crippen molar-refractivity contribution in [3.05, 3.63) is 33.9 Å². The predicted octanol–water partition coefficient (Wildman–Crippen LogP) is 2.91. The molecule has 1 atom stereocenters. The van der Waals surface area contributed by atoms with Gasteiger partial charge >= 0.3 is 0 Å². The molecule has 1 saturated heterocycles. The summed E-state index contributed by atoms with van der Waals surface area (Å²) in [6, 6.07) is 4.66. The molecule has 0 radical (unpaired) electrons. The third kappa shape index (κ3) is 3.20. The van der Waals surface area contributed by atoms with Gasteiger partial charge in [0, 0.05) is 35.6 Å². The van der Waals surface area contributed by atoms with Gasteiger partial charge in [0.15, 0.2) is 0 Å². The van der Waals surface area contributed by atoms with Crippen molar-refractivity contribution in [3.8, 4) is 5.75 Å². The Morgan fingerprint density at radius 3 is 3.00 bits per heavy atom. The minimum Gasteiger partial charge on any atom is -0.493 e. The number of nitro benzene ring substituents is 1. The Labute approximate surface area is 113 Å². The van der Waals surface area contributed by atoms with E-state index in [-0.39, 0.29) is 5.69 Å². The first-order valence-electron chi connectivity index (χ1n) is 5.74. The molecule has 98 valence electrons. The summed E-state index contributed by atoms with van der Waals surface area (Å²) in [5, 5.41) is 11.2. The maximum absolute atomic E-state index is 10.7. The lowest BCUT2D eigenvalue weighted by atomic mass is 10.1. The van der Waals surface area contributed by atoms with Crippen LogP contribution in [0.4, 0.5) is 5.69 Å². The van der Waals surface area contributed by atoms with Crippen LogP contribution in [0.1, 0.15) is 12.0 Å². The highest BCUT2D eigenvalue weighted by molar-refractivity contribution is 9.08. The molecular formula is C12H14BrNO4. The maximum Gasteiger partial charge on any atom is 0.270 e. The van der Waals surface area contributed by atoms with Gasteiger partial charge in [-0.15, -0.1) is 0 Å². The van der Waals surface area contributed by atoms with Crippen LogP contribution in [0.3, 0.4) is 0 Å². The number of nitrogens with zero attached hydrogens (tertiary/aromatic N) is 1. The Kier molecular flexibility index (Phi) is 4.54. The third-order valence-electron chi connectivity index (χ3n) is 2.90. The molecule has 1 aromatic carbocycles. The third-order valence-corrected chi connectivity index (χ3v) is 3.50. The summed E-state index contributed by atoms with van der Waals surface area (Å²) in [6.07, 6.45) is 1.01. The van der Waals surface area contributed by atoms with Gasteiger partial charge in [0.1, 0.15) is 5.75 Å². The Bertz CT molecular complexity index is 432. The smallest absolute Gasteiger partial charge is 0.270 e. The fourth-order valence-corrected chi connectivity index (χ4v) is 2.29. The van der Waals surface area contributed by atoms with E-state index >= 15 is 0 Å². The maximum atomic E-state index is 10.7. The monoisotopic (exact) mass is 315 g/mol. The molecular weight excluding hydrogens is 302 g/mol. The topological polar surface area (TPSA) is 61.6 Å². The van der Waals surface area contributed by atoms with Gasteiger partial charge < -0.3 is 9.47 Å². The van der Waals surface area contributed by atoms with Crippen molar-refractivity contribution in [1.82, 2.24) is 0 Å². The van der Waals surface area contributed by atoms with Crippen LogP contribution in [0, 0.1) is 16.0 Å². The summed E-state index contributed by atoms with van der Waals surface area (Å²) in [6.45, 7) is 2.12. The van der Waals surface area contributed by atoms with Gasteiger partial charge in [-0.25, -0.2) is 0 Å². The van der Waals surface area contributed by atoms with Crippen LogP contribution in [0.25, 0.3) is 0 Å². The minimum atomic E-state index is -0.402. The Morgan fingerprint density at radius 1 is 1.56 bits per heavy atom. The van der Waals surface area contributed by atoms with Crippen LogP contribution < -0.4 is 4.74 Å². The molecule has 0 aliphatic carbocycles. The van der Waals surface area contributed by atoms with Crippen molar-refractivity contribution >= 4 is 21.6 Å². The lowest BCUT2D eigenvalue weighted by Gasteiger charge is -2.12. The van der Waals surface area contributed by atoms with Gasteiger partial charge in [0.05, 0.1) is 18.1 Å². The van der Waals surface area contributed by atoms with E-state index in [1.165, 1.54) is 12.1 Å². The molecule has 0 N–H and O–H groups in total. The van der Waals surface area contributed by atoms with Crippen LogP contribution in [0.5, 0.6) is 5.75 Å². The summed E-state index contributed by atoms with van der Waals surface area (Å²) in [7, 11) is 0. The van der Waals surface area contributed by atoms with Crippen molar-refractivity contribution in [2.24, 2.45) is 5.92 Å². The molecule has 1 heterocycles. The van der Waals surface area contributed by atoms with Crippen LogP contribution in [0.15, 0.2) is 18.2 Å². The van der Waals surface area contributed by atoms with Crippen molar-refractivity contribution in [1.29, 1.82) is 0 Å².